The first-order chi connectivity index (χ1) is 13.9. The molecule has 6 heteroatoms. The number of rotatable bonds is 8. The molecule has 0 spiro atoms. The first-order valence-electron chi connectivity index (χ1n) is 9.69. The van der Waals surface area contributed by atoms with Crippen molar-refractivity contribution in [2.75, 3.05) is 6.61 Å². The van der Waals surface area contributed by atoms with Crippen LogP contribution in [0.15, 0.2) is 60.1 Å². The standard InChI is InChI=1S/C23H28N2O3S/c1-23(2,3)28-21(26)16-27-20-6-4-5-18(13-20)15-24-14-17-7-9-19(10-8-17)22-25-11-12-29-22/h4-13,22,24-25H,14-16H2,1-3H3. The van der Waals surface area contributed by atoms with Crippen LogP contribution in [0.5, 0.6) is 5.75 Å². The monoisotopic (exact) mass is 412 g/mol. The number of hydrogen-bond acceptors (Lipinski definition) is 6. The molecule has 1 atom stereocenters. The summed E-state index contributed by atoms with van der Waals surface area (Å²) in [7, 11) is 0. The predicted molar refractivity (Wildman–Crippen MR) is 117 cm³/mol. The molecular formula is C23H28N2O3S. The van der Waals surface area contributed by atoms with E-state index in [0.29, 0.717) is 11.1 Å². The minimum absolute atomic E-state index is 0.0931. The van der Waals surface area contributed by atoms with Crippen molar-refractivity contribution in [1.82, 2.24) is 10.6 Å². The van der Waals surface area contributed by atoms with Crippen LogP contribution in [0, 0.1) is 0 Å². The van der Waals surface area contributed by atoms with E-state index in [4.69, 9.17) is 9.47 Å². The number of carbonyl (C=O) groups is 1. The van der Waals surface area contributed by atoms with Gasteiger partial charge in [0.1, 0.15) is 16.7 Å². The summed E-state index contributed by atoms with van der Waals surface area (Å²) < 4.78 is 10.8. The number of thioether (sulfide) groups is 1. The lowest BCUT2D eigenvalue weighted by Crippen LogP contribution is -2.27. The third kappa shape index (κ3) is 7.15. The van der Waals surface area contributed by atoms with Gasteiger partial charge in [-0.3, -0.25) is 0 Å². The summed E-state index contributed by atoms with van der Waals surface area (Å²) in [5.41, 5.74) is 3.11. The minimum atomic E-state index is -0.506. The van der Waals surface area contributed by atoms with Crippen molar-refractivity contribution in [2.24, 2.45) is 0 Å². The van der Waals surface area contributed by atoms with E-state index in [2.05, 4.69) is 40.3 Å². The average molecular weight is 413 g/mol. The molecule has 0 saturated carbocycles. The molecule has 2 N–H and O–H groups in total. The fraction of sp³-hybridized carbons (Fsp3) is 0.348. The Morgan fingerprint density at radius 3 is 2.55 bits per heavy atom. The second-order valence-corrected chi connectivity index (χ2v) is 8.87. The lowest BCUT2D eigenvalue weighted by molar-refractivity contribution is -0.157. The van der Waals surface area contributed by atoms with Gasteiger partial charge in [0.15, 0.2) is 6.61 Å². The molecule has 1 aliphatic heterocycles. The minimum Gasteiger partial charge on any atom is -0.482 e. The fourth-order valence-electron chi connectivity index (χ4n) is 2.88. The lowest BCUT2D eigenvalue weighted by atomic mass is 10.1. The first kappa shape index (κ1) is 21.3. The van der Waals surface area contributed by atoms with Gasteiger partial charge in [-0.05, 0) is 55.0 Å². The maximum Gasteiger partial charge on any atom is 0.344 e. The van der Waals surface area contributed by atoms with Crippen LogP contribution < -0.4 is 15.4 Å². The van der Waals surface area contributed by atoms with Crippen molar-refractivity contribution < 1.29 is 14.3 Å². The van der Waals surface area contributed by atoms with E-state index in [1.54, 1.807) is 11.8 Å². The van der Waals surface area contributed by atoms with Gasteiger partial charge in [0.2, 0.25) is 0 Å². The molecule has 0 radical (unpaired) electrons. The number of esters is 1. The van der Waals surface area contributed by atoms with E-state index in [1.165, 1.54) is 11.1 Å². The largest absolute Gasteiger partial charge is 0.482 e. The molecule has 29 heavy (non-hydrogen) atoms. The second-order valence-electron chi connectivity index (χ2n) is 7.85. The quantitative estimate of drug-likeness (QED) is 0.623. The summed E-state index contributed by atoms with van der Waals surface area (Å²) in [6, 6.07) is 16.4. The van der Waals surface area contributed by atoms with Crippen molar-refractivity contribution >= 4 is 17.7 Å². The highest BCUT2D eigenvalue weighted by molar-refractivity contribution is 8.02. The van der Waals surface area contributed by atoms with Gasteiger partial charge in [0.25, 0.3) is 0 Å². The average Bonchev–Trinajstić information content (AvgIpc) is 3.21. The van der Waals surface area contributed by atoms with E-state index in [-0.39, 0.29) is 12.6 Å². The van der Waals surface area contributed by atoms with E-state index in [0.717, 1.165) is 18.7 Å². The number of ether oxygens (including phenoxy) is 2. The summed E-state index contributed by atoms with van der Waals surface area (Å²) in [6.07, 6.45) is 1.98. The molecule has 0 aromatic heterocycles. The van der Waals surface area contributed by atoms with Crippen molar-refractivity contribution in [3.63, 3.8) is 0 Å². The summed E-state index contributed by atoms with van der Waals surface area (Å²) >= 11 is 1.78. The highest BCUT2D eigenvalue weighted by Crippen LogP contribution is 2.30. The van der Waals surface area contributed by atoms with Crippen LogP contribution in [0.2, 0.25) is 0 Å². The third-order valence-electron chi connectivity index (χ3n) is 4.15. The van der Waals surface area contributed by atoms with Gasteiger partial charge < -0.3 is 20.1 Å². The molecular weight excluding hydrogens is 384 g/mol. The third-order valence-corrected chi connectivity index (χ3v) is 5.12. The second kappa shape index (κ2) is 9.85. The Kier molecular flexibility index (Phi) is 7.23. The van der Waals surface area contributed by atoms with Crippen molar-refractivity contribution in [3.05, 3.63) is 76.8 Å². The smallest absolute Gasteiger partial charge is 0.344 e. The normalized spacial score (nSPS) is 15.8. The Balaban J connectivity index is 1.43. The van der Waals surface area contributed by atoms with Crippen LogP contribution >= 0.6 is 11.8 Å². The van der Waals surface area contributed by atoms with Gasteiger partial charge >= 0.3 is 5.97 Å². The Hall–Kier alpha value is -2.44. The zero-order valence-corrected chi connectivity index (χ0v) is 17.9. The van der Waals surface area contributed by atoms with E-state index < -0.39 is 5.60 Å². The van der Waals surface area contributed by atoms with E-state index in [1.807, 2.05) is 51.2 Å². The van der Waals surface area contributed by atoms with Crippen LogP contribution in [0.25, 0.3) is 0 Å². The highest BCUT2D eigenvalue weighted by atomic mass is 32.2. The summed E-state index contributed by atoms with van der Waals surface area (Å²) in [5.74, 6) is 0.293. The molecule has 0 fully saturated rings. The molecule has 0 bridgehead atoms. The molecule has 154 valence electrons. The van der Waals surface area contributed by atoms with Gasteiger partial charge in [0.05, 0.1) is 0 Å². The molecule has 1 unspecified atom stereocenters. The van der Waals surface area contributed by atoms with E-state index >= 15 is 0 Å². The first-order valence-corrected chi connectivity index (χ1v) is 10.6. The molecule has 3 rings (SSSR count). The van der Waals surface area contributed by atoms with Crippen molar-refractivity contribution in [2.45, 2.75) is 44.8 Å². The van der Waals surface area contributed by atoms with Gasteiger partial charge in [-0.15, -0.1) is 11.8 Å². The molecule has 0 amide bonds. The lowest BCUT2D eigenvalue weighted by Gasteiger charge is -2.19. The van der Waals surface area contributed by atoms with Crippen LogP contribution in [0.4, 0.5) is 0 Å². The molecule has 1 heterocycles. The maximum absolute atomic E-state index is 11.8. The number of carbonyl (C=O) groups excluding carboxylic acids is 1. The Bertz CT molecular complexity index is 836. The van der Waals surface area contributed by atoms with Gasteiger partial charge in [-0.2, -0.15) is 0 Å². The Morgan fingerprint density at radius 2 is 1.86 bits per heavy atom. The highest BCUT2D eigenvalue weighted by Gasteiger charge is 2.16. The van der Waals surface area contributed by atoms with Gasteiger partial charge in [-0.1, -0.05) is 36.4 Å². The van der Waals surface area contributed by atoms with E-state index in [9.17, 15) is 4.79 Å². The molecule has 1 aliphatic rings. The number of hydrogen-bond donors (Lipinski definition) is 2. The van der Waals surface area contributed by atoms with Crippen molar-refractivity contribution in [3.8, 4) is 5.75 Å². The van der Waals surface area contributed by atoms with Crippen LogP contribution in [0.3, 0.4) is 0 Å². The Labute approximate surface area is 176 Å². The topological polar surface area (TPSA) is 59.6 Å². The molecule has 2 aromatic carbocycles. The van der Waals surface area contributed by atoms with Gasteiger partial charge in [0, 0.05) is 19.3 Å². The SMILES string of the molecule is CC(C)(C)OC(=O)COc1cccc(CNCc2ccc(C3NC=CS3)cc2)c1. The number of benzene rings is 2. The summed E-state index contributed by atoms with van der Waals surface area (Å²) in [5, 5.41) is 9.16. The fourth-order valence-corrected chi connectivity index (χ4v) is 3.66. The van der Waals surface area contributed by atoms with Crippen LogP contribution in [-0.2, 0) is 22.6 Å². The van der Waals surface area contributed by atoms with Gasteiger partial charge in [-0.25, -0.2) is 4.79 Å². The number of nitrogens with one attached hydrogen (secondary N) is 2. The van der Waals surface area contributed by atoms with Crippen LogP contribution in [-0.4, -0.2) is 18.2 Å². The zero-order chi connectivity index (χ0) is 20.7. The molecule has 0 aliphatic carbocycles. The maximum atomic E-state index is 11.8. The molecule has 5 nitrogen and oxygen atoms in total. The van der Waals surface area contributed by atoms with Crippen LogP contribution in [0.1, 0.15) is 42.8 Å². The molecule has 0 saturated heterocycles. The Morgan fingerprint density at radius 1 is 1.10 bits per heavy atom. The predicted octanol–water partition coefficient (Wildman–Crippen LogP) is 4.50. The summed E-state index contributed by atoms with van der Waals surface area (Å²) in [6.45, 7) is 6.93. The van der Waals surface area contributed by atoms with Crippen molar-refractivity contribution in [1.29, 1.82) is 0 Å². The summed E-state index contributed by atoms with van der Waals surface area (Å²) in [4.78, 5) is 11.8. The zero-order valence-electron chi connectivity index (χ0n) is 17.1. The molecule has 2 aromatic rings.